The number of thiazole rings is 1. The molecule has 0 atom stereocenters. The molecule has 1 saturated carbocycles. The molecule has 2 amide bonds. The third-order valence-electron chi connectivity index (χ3n) is 5.03. The van der Waals surface area contributed by atoms with Crippen LogP contribution in [0.25, 0.3) is 0 Å². The molecule has 1 aliphatic carbocycles. The minimum absolute atomic E-state index is 0.0264. The van der Waals surface area contributed by atoms with Gasteiger partial charge in [-0.2, -0.15) is 0 Å². The highest BCUT2D eigenvalue weighted by atomic mass is 35.5. The number of halogens is 2. The molecule has 3 rings (SSSR count). The van der Waals surface area contributed by atoms with Crippen LogP contribution in [-0.4, -0.2) is 34.3 Å². The van der Waals surface area contributed by atoms with Crippen LogP contribution in [-0.2, 0) is 4.79 Å². The van der Waals surface area contributed by atoms with Gasteiger partial charge in [-0.3, -0.25) is 9.59 Å². The Labute approximate surface area is 179 Å². The predicted octanol–water partition coefficient (Wildman–Crippen LogP) is 5.48. The van der Waals surface area contributed by atoms with E-state index in [1.165, 1.54) is 11.3 Å². The van der Waals surface area contributed by atoms with E-state index in [4.69, 9.17) is 23.2 Å². The van der Waals surface area contributed by atoms with Crippen molar-refractivity contribution in [3.05, 3.63) is 44.4 Å². The molecule has 5 nitrogen and oxygen atoms in total. The van der Waals surface area contributed by atoms with Crippen LogP contribution in [0.3, 0.4) is 0 Å². The summed E-state index contributed by atoms with van der Waals surface area (Å²) in [5, 5.41) is 4.15. The SMILES string of the molecule is Cc1nc(NC(=O)CN(C(=O)c2ccc(Cl)cc2Cl)C2CCCCC2)sc1C. The largest absolute Gasteiger partial charge is 0.326 e. The highest BCUT2D eigenvalue weighted by Gasteiger charge is 2.29. The minimum atomic E-state index is -0.252. The Hall–Kier alpha value is -1.63. The second-order valence-corrected chi connectivity index (χ2v) is 9.10. The molecular formula is C20H23Cl2N3O2S. The lowest BCUT2D eigenvalue weighted by molar-refractivity contribution is -0.117. The number of aryl methyl sites for hydroxylation is 2. The maximum absolute atomic E-state index is 13.2. The van der Waals surface area contributed by atoms with Crippen LogP contribution in [0.4, 0.5) is 5.13 Å². The normalized spacial score (nSPS) is 14.7. The van der Waals surface area contributed by atoms with Gasteiger partial charge in [-0.1, -0.05) is 42.5 Å². The van der Waals surface area contributed by atoms with E-state index in [1.807, 2.05) is 13.8 Å². The van der Waals surface area contributed by atoms with Gasteiger partial charge in [0, 0.05) is 15.9 Å². The maximum Gasteiger partial charge on any atom is 0.256 e. The van der Waals surface area contributed by atoms with Crippen molar-refractivity contribution in [1.29, 1.82) is 0 Å². The summed E-state index contributed by atoms with van der Waals surface area (Å²) < 4.78 is 0. The Balaban J connectivity index is 1.79. The Morgan fingerprint density at radius 3 is 2.54 bits per heavy atom. The monoisotopic (exact) mass is 439 g/mol. The number of hydrogen-bond donors (Lipinski definition) is 1. The summed E-state index contributed by atoms with van der Waals surface area (Å²) in [5.41, 5.74) is 1.26. The van der Waals surface area contributed by atoms with Crippen LogP contribution in [0.1, 0.15) is 53.0 Å². The van der Waals surface area contributed by atoms with Crippen LogP contribution in [0.15, 0.2) is 18.2 Å². The van der Waals surface area contributed by atoms with Gasteiger partial charge in [-0.25, -0.2) is 4.98 Å². The van der Waals surface area contributed by atoms with E-state index in [9.17, 15) is 9.59 Å². The van der Waals surface area contributed by atoms with Crippen LogP contribution < -0.4 is 5.32 Å². The van der Waals surface area contributed by atoms with Gasteiger partial charge in [0.25, 0.3) is 5.91 Å². The van der Waals surface area contributed by atoms with Crippen molar-refractivity contribution >= 4 is 51.5 Å². The zero-order valence-electron chi connectivity index (χ0n) is 15.9. The number of amides is 2. The summed E-state index contributed by atoms with van der Waals surface area (Å²) in [4.78, 5) is 32.9. The Morgan fingerprint density at radius 1 is 1.21 bits per heavy atom. The molecule has 0 bridgehead atoms. The summed E-state index contributed by atoms with van der Waals surface area (Å²) in [6, 6.07) is 4.84. The van der Waals surface area contributed by atoms with E-state index in [0.717, 1.165) is 42.7 Å². The van der Waals surface area contributed by atoms with Crippen molar-refractivity contribution in [3.8, 4) is 0 Å². The molecule has 28 heavy (non-hydrogen) atoms. The number of anilines is 1. The topological polar surface area (TPSA) is 62.3 Å². The number of benzene rings is 1. The summed E-state index contributed by atoms with van der Waals surface area (Å²) in [7, 11) is 0. The molecule has 0 spiro atoms. The van der Waals surface area contributed by atoms with Crippen molar-refractivity contribution in [2.45, 2.75) is 52.0 Å². The van der Waals surface area contributed by atoms with Gasteiger partial charge in [0.2, 0.25) is 5.91 Å². The van der Waals surface area contributed by atoms with Gasteiger partial charge < -0.3 is 10.2 Å². The molecule has 1 aliphatic rings. The zero-order valence-corrected chi connectivity index (χ0v) is 18.3. The average Bonchev–Trinajstić information content (AvgIpc) is 2.97. The third-order valence-corrected chi connectivity index (χ3v) is 6.56. The number of carbonyl (C=O) groups excluding carboxylic acids is 2. The van der Waals surface area contributed by atoms with E-state index < -0.39 is 0 Å². The van der Waals surface area contributed by atoms with E-state index >= 15 is 0 Å². The fourth-order valence-electron chi connectivity index (χ4n) is 3.42. The standard InChI is InChI=1S/C20H23Cl2N3O2S/c1-12-13(2)28-20(23-12)24-18(26)11-25(15-6-4-3-5-7-15)19(27)16-9-8-14(21)10-17(16)22/h8-10,15H,3-7,11H2,1-2H3,(H,23,24,26). The van der Waals surface area contributed by atoms with E-state index in [2.05, 4.69) is 10.3 Å². The van der Waals surface area contributed by atoms with Crippen LogP contribution in [0, 0.1) is 13.8 Å². The van der Waals surface area contributed by atoms with Crippen LogP contribution >= 0.6 is 34.5 Å². The maximum atomic E-state index is 13.2. The first-order valence-corrected chi connectivity index (χ1v) is 10.9. The Morgan fingerprint density at radius 2 is 1.93 bits per heavy atom. The fourth-order valence-corrected chi connectivity index (χ4v) is 4.74. The molecule has 0 radical (unpaired) electrons. The first-order chi connectivity index (χ1) is 13.3. The second kappa shape index (κ2) is 9.25. The zero-order chi connectivity index (χ0) is 20.3. The van der Waals surface area contributed by atoms with Crippen molar-refractivity contribution < 1.29 is 9.59 Å². The average molecular weight is 440 g/mol. The second-order valence-electron chi connectivity index (χ2n) is 7.06. The highest BCUT2D eigenvalue weighted by Crippen LogP contribution is 2.28. The van der Waals surface area contributed by atoms with Crippen LogP contribution in [0.5, 0.6) is 0 Å². The Kier molecular flexibility index (Phi) is 6.96. The van der Waals surface area contributed by atoms with Gasteiger partial charge in [0.1, 0.15) is 6.54 Å². The van der Waals surface area contributed by atoms with Gasteiger partial charge >= 0.3 is 0 Å². The number of rotatable bonds is 5. The number of hydrogen-bond acceptors (Lipinski definition) is 4. The Bertz CT molecular complexity index is 859. The summed E-state index contributed by atoms with van der Waals surface area (Å²) in [5.74, 6) is -0.493. The third kappa shape index (κ3) is 5.04. The van der Waals surface area contributed by atoms with Crippen molar-refractivity contribution in [3.63, 3.8) is 0 Å². The molecule has 1 aromatic carbocycles. The molecule has 1 fully saturated rings. The number of aromatic nitrogens is 1. The fraction of sp³-hybridized carbons (Fsp3) is 0.450. The molecule has 1 aromatic heterocycles. The van der Waals surface area contributed by atoms with Gasteiger partial charge in [-0.05, 0) is 44.9 Å². The first-order valence-electron chi connectivity index (χ1n) is 9.35. The lowest BCUT2D eigenvalue weighted by atomic mass is 9.93. The molecule has 1 heterocycles. The smallest absolute Gasteiger partial charge is 0.256 e. The van der Waals surface area contributed by atoms with Crippen LogP contribution in [0.2, 0.25) is 10.0 Å². The first kappa shape index (κ1) is 21.1. The molecule has 0 saturated heterocycles. The molecule has 0 aliphatic heterocycles. The van der Waals surface area contributed by atoms with E-state index in [1.54, 1.807) is 23.1 Å². The van der Waals surface area contributed by atoms with E-state index in [0.29, 0.717) is 20.7 Å². The number of nitrogens with zero attached hydrogens (tertiary/aromatic N) is 2. The number of nitrogens with one attached hydrogen (secondary N) is 1. The number of carbonyl (C=O) groups is 2. The van der Waals surface area contributed by atoms with Gasteiger partial charge in [0.15, 0.2) is 5.13 Å². The van der Waals surface area contributed by atoms with Gasteiger partial charge in [-0.15, -0.1) is 11.3 Å². The minimum Gasteiger partial charge on any atom is -0.326 e. The van der Waals surface area contributed by atoms with E-state index in [-0.39, 0.29) is 24.4 Å². The van der Waals surface area contributed by atoms with Gasteiger partial charge in [0.05, 0.1) is 16.3 Å². The van der Waals surface area contributed by atoms with Crippen molar-refractivity contribution in [1.82, 2.24) is 9.88 Å². The predicted molar refractivity (Wildman–Crippen MR) is 115 cm³/mol. The summed E-state index contributed by atoms with van der Waals surface area (Å²) in [6.45, 7) is 3.84. The highest BCUT2D eigenvalue weighted by molar-refractivity contribution is 7.15. The molecule has 2 aromatic rings. The molecular weight excluding hydrogens is 417 g/mol. The summed E-state index contributed by atoms with van der Waals surface area (Å²) in [6.07, 6.45) is 5.04. The lowest BCUT2D eigenvalue weighted by Gasteiger charge is -2.34. The molecule has 150 valence electrons. The lowest BCUT2D eigenvalue weighted by Crippen LogP contribution is -2.45. The van der Waals surface area contributed by atoms with Crippen molar-refractivity contribution in [2.75, 3.05) is 11.9 Å². The molecule has 1 N–H and O–H groups in total. The summed E-state index contributed by atoms with van der Waals surface area (Å²) >= 11 is 13.6. The quantitative estimate of drug-likeness (QED) is 0.670. The molecule has 8 heteroatoms. The molecule has 0 unspecified atom stereocenters. The van der Waals surface area contributed by atoms with Crippen molar-refractivity contribution in [2.24, 2.45) is 0 Å².